The first-order chi connectivity index (χ1) is 28.1. The summed E-state index contributed by atoms with van der Waals surface area (Å²) in [6.45, 7) is 5.17. The van der Waals surface area contributed by atoms with E-state index in [0.29, 0.717) is 49.4 Å². The number of rotatable bonds is 14. The number of nitrogens with zero attached hydrogens (tertiary/aromatic N) is 3. The first-order valence-corrected chi connectivity index (χ1v) is 19.9. The highest BCUT2D eigenvalue weighted by atomic mass is 19.3. The Morgan fingerprint density at radius 3 is 2.26 bits per heavy atom. The summed E-state index contributed by atoms with van der Waals surface area (Å²) in [6, 6.07) is 27.6. The molecule has 0 saturated carbocycles. The van der Waals surface area contributed by atoms with Crippen LogP contribution in [0, 0.1) is 19.7 Å². The van der Waals surface area contributed by atoms with E-state index in [9.17, 15) is 23.1 Å². The Hall–Kier alpha value is -5.65. The summed E-state index contributed by atoms with van der Waals surface area (Å²) < 4.78 is 58.2. The fourth-order valence-electron chi connectivity index (χ4n) is 8.45. The average Bonchev–Trinajstić information content (AvgIpc) is 3.99. The second-order valence-corrected chi connectivity index (χ2v) is 15.3. The summed E-state index contributed by atoms with van der Waals surface area (Å²) in [4.78, 5) is 20.9. The smallest absolute Gasteiger partial charge is 0.387 e. The third kappa shape index (κ3) is 8.47. The van der Waals surface area contributed by atoms with Crippen LogP contribution in [-0.4, -0.2) is 64.8 Å². The number of hydrogen-bond acceptors (Lipinski definition) is 7. The van der Waals surface area contributed by atoms with Gasteiger partial charge in [-0.25, -0.2) is 9.37 Å². The molecule has 1 atom stereocenters. The molecule has 1 N–H and O–H groups in total. The molecule has 0 spiro atoms. The van der Waals surface area contributed by atoms with Gasteiger partial charge < -0.3 is 19.0 Å². The van der Waals surface area contributed by atoms with Crippen LogP contribution in [0.25, 0.3) is 44.8 Å². The van der Waals surface area contributed by atoms with E-state index in [4.69, 9.17) is 18.9 Å². The van der Waals surface area contributed by atoms with Gasteiger partial charge in [-0.3, -0.25) is 14.6 Å². The van der Waals surface area contributed by atoms with E-state index < -0.39 is 18.6 Å². The van der Waals surface area contributed by atoms with Crippen LogP contribution in [0.1, 0.15) is 53.5 Å². The Labute approximate surface area is 335 Å². The van der Waals surface area contributed by atoms with E-state index in [1.54, 1.807) is 23.1 Å². The van der Waals surface area contributed by atoms with Crippen molar-refractivity contribution < 1.29 is 37.0 Å². The van der Waals surface area contributed by atoms with Crippen molar-refractivity contribution in [2.24, 2.45) is 0 Å². The molecule has 5 aromatic carbocycles. The molecule has 2 aliphatic heterocycles. The van der Waals surface area contributed by atoms with E-state index in [2.05, 4.69) is 54.3 Å². The number of carboxylic acids is 1. The van der Waals surface area contributed by atoms with E-state index in [1.807, 2.05) is 19.1 Å². The van der Waals surface area contributed by atoms with Crippen molar-refractivity contribution in [2.45, 2.75) is 71.7 Å². The SMILES string of the molecule is Cc1c(-c2ccc(CN3CCCC3)c(OCCc3ccc(F)cc3)c2)cccc1-c1cccc(-c2nc3cc(CN4CCC[C@H]4C(=O)O)c(OC(F)F)cc3o2)c1C. The fraction of sp³-hybridized carbons (Fsp3) is 0.319. The summed E-state index contributed by atoms with van der Waals surface area (Å²) in [5, 5.41) is 9.70. The van der Waals surface area contributed by atoms with E-state index in [0.717, 1.165) is 75.5 Å². The Balaban J connectivity index is 1.09. The number of carbonyl (C=O) groups is 1. The summed E-state index contributed by atoms with van der Waals surface area (Å²) in [6.07, 6.45) is 4.26. The maximum absolute atomic E-state index is 13.6. The summed E-state index contributed by atoms with van der Waals surface area (Å²) in [5.74, 6) is -0.0722. The van der Waals surface area contributed by atoms with Crippen molar-refractivity contribution in [2.75, 3.05) is 26.2 Å². The maximum Gasteiger partial charge on any atom is 0.387 e. The van der Waals surface area contributed by atoms with Gasteiger partial charge in [0.15, 0.2) is 5.58 Å². The van der Waals surface area contributed by atoms with Crippen molar-refractivity contribution in [1.82, 2.24) is 14.8 Å². The Morgan fingerprint density at radius 1 is 0.828 bits per heavy atom. The normalized spacial score (nSPS) is 16.1. The van der Waals surface area contributed by atoms with Crippen LogP contribution < -0.4 is 9.47 Å². The predicted octanol–water partition coefficient (Wildman–Crippen LogP) is 10.5. The van der Waals surface area contributed by atoms with Gasteiger partial charge in [0.1, 0.15) is 28.9 Å². The van der Waals surface area contributed by atoms with Crippen LogP contribution in [0.3, 0.4) is 0 Å². The molecule has 300 valence electrons. The highest BCUT2D eigenvalue weighted by molar-refractivity contribution is 5.85. The Morgan fingerprint density at radius 2 is 1.53 bits per heavy atom. The molecule has 2 aliphatic rings. The number of oxazole rings is 1. The van der Waals surface area contributed by atoms with Crippen molar-refractivity contribution in [1.29, 1.82) is 0 Å². The topological polar surface area (TPSA) is 88.3 Å². The molecule has 1 aromatic heterocycles. The predicted molar refractivity (Wildman–Crippen MR) is 218 cm³/mol. The molecule has 2 fully saturated rings. The number of carboxylic acid groups (broad SMARTS) is 1. The monoisotopic (exact) mass is 789 g/mol. The molecule has 3 heterocycles. The number of fused-ring (bicyclic) bond motifs is 1. The molecule has 0 amide bonds. The lowest BCUT2D eigenvalue weighted by molar-refractivity contribution is -0.142. The molecule has 0 unspecified atom stereocenters. The zero-order chi connectivity index (χ0) is 40.3. The highest BCUT2D eigenvalue weighted by Crippen LogP contribution is 2.40. The van der Waals surface area contributed by atoms with Crippen LogP contribution in [0.2, 0.25) is 0 Å². The zero-order valence-corrected chi connectivity index (χ0v) is 32.6. The van der Waals surface area contributed by atoms with Gasteiger partial charge in [-0.15, -0.1) is 0 Å². The minimum atomic E-state index is -3.06. The second-order valence-electron chi connectivity index (χ2n) is 15.3. The van der Waals surface area contributed by atoms with Crippen molar-refractivity contribution in [3.8, 4) is 45.2 Å². The van der Waals surface area contributed by atoms with Crippen LogP contribution in [0.15, 0.2) is 95.4 Å². The second kappa shape index (κ2) is 17.1. The van der Waals surface area contributed by atoms with Crippen LogP contribution in [0.4, 0.5) is 13.2 Å². The lowest BCUT2D eigenvalue weighted by Crippen LogP contribution is -2.35. The third-order valence-electron chi connectivity index (χ3n) is 11.5. The molecular formula is C47H46F3N3O5. The number of aromatic nitrogens is 1. The third-order valence-corrected chi connectivity index (χ3v) is 11.5. The van der Waals surface area contributed by atoms with Gasteiger partial charge in [-0.05, 0) is 128 Å². The Kier molecular flexibility index (Phi) is 11.5. The van der Waals surface area contributed by atoms with Crippen molar-refractivity contribution >= 4 is 17.1 Å². The lowest BCUT2D eigenvalue weighted by Gasteiger charge is -2.22. The van der Waals surface area contributed by atoms with Crippen molar-refractivity contribution in [3.05, 3.63) is 125 Å². The molecule has 2 saturated heterocycles. The molecule has 0 radical (unpaired) electrons. The quantitative estimate of drug-likeness (QED) is 0.117. The van der Waals surface area contributed by atoms with Gasteiger partial charge in [-0.2, -0.15) is 8.78 Å². The maximum atomic E-state index is 13.6. The minimum absolute atomic E-state index is 0.0651. The molecule has 6 aromatic rings. The van der Waals surface area contributed by atoms with Gasteiger partial charge in [0.05, 0.1) is 6.61 Å². The summed E-state index contributed by atoms with van der Waals surface area (Å²) in [5.41, 5.74) is 10.3. The average molecular weight is 790 g/mol. The number of ether oxygens (including phenoxy) is 2. The standard InChI is InChI=1S/C47H46F3N3O5/c1-29-36(32-15-16-33(27-52-20-3-4-21-52)42(25-32)56-23-19-31-13-17-35(48)18-14-31)8-5-9-37(29)38-10-6-11-39(30(38)2)45-51-40-24-34(28-53-22-7-12-41(53)46(54)55)43(58-47(49)50)26-44(40)57-45/h5-6,8-11,13-18,24-26,41,47H,3-4,7,12,19-23,27-28H2,1-2H3,(H,54,55)/t41-/m0/s1. The first-order valence-electron chi connectivity index (χ1n) is 19.9. The molecule has 8 rings (SSSR count). The van der Waals surface area contributed by atoms with Gasteiger partial charge in [0.2, 0.25) is 5.89 Å². The Bertz CT molecular complexity index is 2430. The molecule has 0 aliphatic carbocycles. The van der Waals surface area contributed by atoms with Gasteiger partial charge in [0.25, 0.3) is 0 Å². The van der Waals surface area contributed by atoms with E-state index >= 15 is 0 Å². The van der Waals surface area contributed by atoms with Gasteiger partial charge >= 0.3 is 12.6 Å². The number of benzene rings is 5. The molecular weight excluding hydrogens is 744 g/mol. The number of alkyl halides is 2. The van der Waals surface area contributed by atoms with Crippen molar-refractivity contribution in [3.63, 3.8) is 0 Å². The van der Waals surface area contributed by atoms with E-state index in [-0.39, 0.29) is 23.7 Å². The number of halogens is 3. The molecule has 8 nitrogen and oxygen atoms in total. The number of likely N-dealkylation sites (tertiary alicyclic amines) is 2. The van der Waals surface area contributed by atoms with Gasteiger partial charge in [-0.1, -0.05) is 54.6 Å². The van der Waals surface area contributed by atoms with E-state index in [1.165, 1.54) is 31.0 Å². The summed E-state index contributed by atoms with van der Waals surface area (Å²) >= 11 is 0. The molecule has 58 heavy (non-hydrogen) atoms. The summed E-state index contributed by atoms with van der Waals surface area (Å²) in [7, 11) is 0. The fourth-order valence-corrected chi connectivity index (χ4v) is 8.45. The largest absolute Gasteiger partial charge is 0.493 e. The van der Waals surface area contributed by atoms with Crippen LogP contribution in [0.5, 0.6) is 11.5 Å². The highest BCUT2D eigenvalue weighted by Gasteiger charge is 2.31. The first kappa shape index (κ1) is 39.2. The lowest BCUT2D eigenvalue weighted by atomic mass is 9.89. The molecule has 0 bridgehead atoms. The van der Waals surface area contributed by atoms with Crippen LogP contribution >= 0.6 is 0 Å². The zero-order valence-electron chi connectivity index (χ0n) is 32.6. The van der Waals surface area contributed by atoms with Crippen LogP contribution in [-0.2, 0) is 24.3 Å². The molecule has 11 heteroatoms. The number of hydrogen-bond donors (Lipinski definition) is 1. The minimum Gasteiger partial charge on any atom is -0.493 e. The van der Waals surface area contributed by atoms with Gasteiger partial charge in [0, 0.05) is 42.3 Å². The number of aliphatic carboxylic acids is 1.